The van der Waals surface area contributed by atoms with Gasteiger partial charge in [0.15, 0.2) is 0 Å². The quantitative estimate of drug-likeness (QED) is 0.724. The van der Waals surface area contributed by atoms with Crippen molar-refractivity contribution in [3.05, 3.63) is 41.4 Å². The van der Waals surface area contributed by atoms with Crippen molar-refractivity contribution in [3.8, 4) is 11.8 Å². The topological polar surface area (TPSA) is 76.1 Å². The van der Waals surface area contributed by atoms with Crippen molar-refractivity contribution < 1.29 is 14.4 Å². The normalized spacial score (nSPS) is 13.1. The maximum absolute atomic E-state index is 12.0. The van der Waals surface area contributed by atoms with Gasteiger partial charge in [-0.15, -0.1) is 0 Å². The highest BCUT2D eigenvalue weighted by Crippen LogP contribution is 2.17. The highest BCUT2D eigenvalue weighted by molar-refractivity contribution is 6.24. The molecule has 0 saturated heterocycles. The fraction of sp³-hybridized carbons (Fsp3) is 0.0769. The number of fused-ring (bicyclic) bond motifs is 1. The van der Waals surface area contributed by atoms with E-state index >= 15 is 0 Å². The molecule has 88 valence electrons. The van der Waals surface area contributed by atoms with Gasteiger partial charge in [-0.1, -0.05) is 5.92 Å². The second-order valence-electron chi connectivity index (χ2n) is 3.48. The first-order chi connectivity index (χ1) is 8.63. The molecule has 2 rings (SSSR count). The summed E-state index contributed by atoms with van der Waals surface area (Å²) in [7, 11) is 0. The number of nitrogens with zero attached hydrogens (tertiary/aromatic N) is 1. The minimum Gasteiger partial charge on any atom is -0.312 e. The molecule has 0 unspecified atom stereocenters. The largest absolute Gasteiger partial charge is 0.312 e. The molecule has 1 aromatic heterocycles. The van der Waals surface area contributed by atoms with Gasteiger partial charge in [0.1, 0.15) is 5.69 Å². The fourth-order valence-electron chi connectivity index (χ4n) is 1.55. The Balaban J connectivity index is 2.36. The van der Waals surface area contributed by atoms with E-state index in [4.69, 9.17) is 0 Å². The van der Waals surface area contributed by atoms with E-state index in [0.717, 1.165) is 6.08 Å². The zero-order valence-electron chi connectivity index (χ0n) is 9.48. The number of carbonyl (C=O) groups is 3. The number of pyridine rings is 1. The molecule has 0 atom stereocenters. The van der Waals surface area contributed by atoms with Crippen LogP contribution in [-0.2, 0) is 4.79 Å². The van der Waals surface area contributed by atoms with Gasteiger partial charge in [0, 0.05) is 12.3 Å². The molecule has 0 spiro atoms. The van der Waals surface area contributed by atoms with E-state index in [9.17, 15) is 14.4 Å². The zero-order chi connectivity index (χ0) is 13.1. The van der Waals surface area contributed by atoms with E-state index in [1.807, 2.05) is 0 Å². The fourth-order valence-corrected chi connectivity index (χ4v) is 1.55. The lowest BCUT2D eigenvalue weighted by molar-refractivity contribution is -0.115. The average molecular weight is 240 g/mol. The second kappa shape index (κ2) is 4.63. The van der Waals surface area contributed by atoms with E-state index in [1.165, 1.54) is 19.2 Å². The summed E-state index contributed by atoms with van der Waals surface area (Å²) in [6, 6.07) is 3.05. The number of carbonyl (C=O) groups excluding carboxylic acids is 3. The third-order valence-corrected chi connectivity index (χ3v) is 2.29. The van der Waals surface area contributed by atoms with Gasteiger partial charge in [0.25, 0.3) is 5.91 Å². The molecule has 18 heavy (non-hydrogen) atoms. The van der Waals surface area contributed by atoms with Crippen LogP contribution in [0.5, 0.6) is 0 Å². The van der Waals surface area contributed by atoms with Crippen LogP contribution in [-0.4, -0.2) is 22.5 Å². The van der Waals surface area contributed by atoms with Crippen molar-refractivity contribution in [1.82, 2.24) is 10.3 Å². The maximum Gasteiger partial charge on any atom is 0.300 e. The van der Waals surface area contributed by atoms with Crippen LogP contribution in [0.4, 0.5) is 0 Å². The Labute approximate surface area is 103 Å². The van der Waals surface area contributed by atoms with Gasteiger partial charge in [0.2, 0.25) is 11.6 Å². The Kier molecular flexibility index (Phi) is 3.02. The molecule has 5 heteroatoms. The van der Waals surface area contributed by atoms with Crippen LogP contribution in [0.25, 0.3) is 0 Å². The summed E-state index contributed by atoms with van der Waals surface area (Å²) in [5, 5.41) is 2.29. The molecule has 0 radical (unpaired) electrons. The van der Waals surface area contributed by atoms with Crippen LogP contribution in [0.2, 0.25) is 0 Å². The second-order valence-corrected chi connectivity index (χ2v) is 3.48. The number of Topliss-reactive ketones (excluding diaryl/α,β-unsaturated/α-hetero) is 1. The van der Waals surface area contributed by atoms with Crippen molar-refractivity contribution in [2.75, 3.05) is 0 Å². The highest BCUT2D eigenvalue weighted by Gasteiger charge is 2.27. The maximum atomic E-state index is 12.0. The minimum absolute atomic E-state index is 0.0757. The predicted octanol–water partition coefficient (Wildman–Crippen LogP) is 0.484. The van der Waals surface area contributed by atoms with Gasteiger partial charge in [-0.25, -0.2) is 0 Å². The summed E-state index contributed by atoms with van der Waals surface area (Å²) in [5.74, 6) is 3.16. The summed E-state index contributed by atoms with van der Waals surface area (Å²) in [6.07, 6.45) is 2.50. The first-order valence-electron chi connectivity index (χ1n) is 5.13. The first kappa shape index (κ1) is 11.7. The molecule has 0 saturated carbocycles. The number of allylic oxidation sites excluding steroid dienone is 2. The zero-order valence-corrected chi connectivity index (χ0v) is 9.48. The summed E-state index contributed by atoms with van der Waals surface area (Å²) in [5.41, 5.74) is 0.208. The molecule has 0 bridgehead atoms. The summed E-state index contributed by atoms with van der Waals surface area (Å²) >= 11 is 0. The van der Waals surface area contributed by atoms with E-state index in [0.29, 0.717) is 0 Å². The SMILES string of the molecule is CC#CC(=O)NC1=CC(=O)c2ncccc2C1=O. The standard InChI is InChI=1S/C13H8N2O3/c1-2-4-11(17)15-9-7-10(16)12-8(13(9)18)5-3-6-14-12/h3,5-7H,1H3,(H,15,17). The van der Waals surface area contributed by atoms with Crippen molar-refractivity contribution in [3.63, 3.8) is 0 Å². The molecular weight excluding hydrogens is 232 g/mol. The van der Waals surface area contributed by atoms with Crippen molar-refractivity contribution in [1.29, 1.82) is 0 Å². The number of hydrogen-bond acceptors (Lipinski definition) is 4. The van der Waals surface area contributed by atoms with Crippen LogP contribution in [0.3, 0.4) is 0 Å². The summed E-state index contributed by atoms with van der Waals surface area (Å²) in [6.45, 7) is 1.50. The van der Waals surface area contributed by atoms with Gasteiger partial charge in [-0.3, -0.25) is 19.4 Å². The Morgan fingerprint density at radius 1 is 1.39 bits per heavy atom. The van der Waals surface area contributed by atoms with Crippen LogP contribution < -0.4 is 5.32 Å². The Bertz CT molecular complexity index is 648. The first-order valence-corrected chi connectivity index (χ1v) is 5.13. The van der Waals surface area contributed by atoms with E-state index in [1.54, 1.807) is 6.07 Å². The van der Waals surface area contributed by atoms with E-state index in [-0.39, 0.29) is 17.0 Å². The molecule has 0 aliphatic heterocycles. The van der Waals surface area contributed by atoms with Gasteiger partial charge >= 0.3 is 0 Å². The predicted molar refractivity (Wildman–Crippen MR) is 62.6 cm³/mol. The number of nitrogens with one attached hydrogen (secondary N) is 1. The number of aromatic nitrogens is 1. The monoisotopic (exact) mass is 240 g/mol. The Hall–Kier alpha value is -2.74. The number of ketones is 2. The molecular formula is C13H8N2O3. The van der Waals surface area contributed by atoms with Crippen LogP contribution in [0.15, 0.2) is 30.1 Å². The summed E-state index contributed by atoms with van der Waals surface area (Å²) in [4.78, 5) is 38.8. The summed E-state index contributed by atoms with van der Waals surface area (Å²) < 4.78 is 0. The molecule has 1 aliphatic carbocycles. The van der Waals surface area contributed by atoms with Gasteiger partial charge in [-0.05, 0) is 25.0 Å². The molecule has 1 N–H and O–H groups in total. The van der Waals surface area contributed by atoms with Crippen molar-refractivity contribution >= 4 is 17.5 Å². The smallest absolute Gasteiger partial charge is 0.300 e. The molecule has 1 aliphatic rings. The number of rotatable bonds is 1. The number of amides is 1. The van der Waals surface area contributed by atoms with E-state index in [2.05, 4.69) is 22.1 Å². The molecule has 0 aromatic carbocycles. The van der Waals surface area contributed by atoms with Gasteiger partial charge in [0.05, 0.1) is 11.3 Å². The molecule has 1 heterocycles. The van der Waals surface area contributed by atoms with Crippen molar-refractivity contribution in [2.45, 2.75) is 6.92 Å². The Morgan fingerprint density at radius 2 is 2.17 bits per heavy atom. The molecule has 1 aromatic rings. The Morgan fingerprint density at radius 3 is 2.89 bits per heavy atom. The lowest BCUT2D eigenvalue weighted by Gasteiger charge is -2.13. The molecule has 1 amide bonds. The van der Waals surface area contributed by atoms with Crippen LogP contribution in [0.1, 0.15) is 27.8 Å². The van der Waals surface area contributed by atoms with Crippen LogP contribution in [0, 0.1) is 11.8 Å². The van der Waals surface area contributed by atoms with Crippen LogP contribution >= 0.6 is 0 Å². The highest BCUT2D eigenvalue weighted by atomic mass is 16.2. The van der Waals surface area contributed by atoms with Gasteiger partial charge < -0.3 is 5.32 Å². The van der Waals surface area contributed by atoms with E-state index < -0.39 is 17.5 Å². The third-order valence-electron chi connectivity index (χ3n) is 2.29. The van der Waals surface area contributed by atoms with Gasteiger partial charge in [-0.2, -0.15) is 0 Å². The molecule has 0 fully saturated rings. The molecule has 5 nitrogen and oxygen atoms in total. The average Bonchev–Trinajstić information content (AvgIpc) is 2.36. The minimum atomic E-state index is -0.628. The lowest BCUT2D eigenvalue weighted by Crippen LogP contribution is -2.30. The third kappa shape index (κ3) is 2.04. The van der Waals surface area contributed by atoms with Crippen molar-refractivity contribution in [2.24, 2.45) is 0 Å². The number of hydrogen-bond donors (Lipinski definition) is 1. The lowest BCUT2D eigenvalue weighted by atomic mass is 9.97.